The van der Waals surface area contributed by atoms with Gasteiger partial charge in [-0.3, -0.25) is 0 Å². The van der Waals surface area contributed by atoms with E-state index in [1.807, 2.05) is 0 Å². The molecule has 0 radical (unpaired) electrons. The van der Waals surface area contributed by atoms with Crippen LogP contribution in [0.15, 0.2) is 18.2 Å². The summed E-state index contributed by atoms with van der Waals surface area (Å²) in [5.74, 6) is 0.525. The molecule has 0 bridgehead atoms. The van der Waals surface area contributed by atoms with Gasteiger partial charge in [0.15, 0.2) is 0 Å². The minimum atomic E-state index is -0.601. The first-order valence-electron chi connectivity index (χ1n) is 7.07. The molecule has 2 N–H and O–H groups in total. The third kappa shape index (κ3) is 5.31. The quantitative estimate of drug-likeness (QED) is 0.840. The molecule has 0 saturated carbocycles. The molecule has 0 aliphatic carbocycles. The summed E-state index contributed by atoms with van der Waals surface area (Å²) in [7, 11) is 0. The second kappa shape index (κ2) is 7.65. The van der Waals surface area contributed by atoms with Gasteiger partial charge in [-0.2, -0.15) is 0 Å². The molecular weight excluding hydrogens is 313 g/mol. The van der Waals surface area contributed by atoms with Gasteiger partial charge in [-0.05, 0) is 38.0 Å². The van der Waals surface area contributed by atoms with E-state index in [1.165, 1.54) is 0 Å². The van der Waals surface area contributed by atoms with Gasteiger partial charge in [0.2, 0.25) is 0 Å². The van der Waals surface area contributed by atoms with Crippen LogP contribution in [-0.2, 0) is 4.74 Å². The standard InChI is InChI=1S/C15H21Cl2NO3/c1-15(4-6-20-7-5-15)18-9-12(19)10-21-14-3-2-11(16)8-13(14)17/h2-3,8,12,18-19H,4-7,9-10H2,1H3. The van der Waals surface area contributed by atoms with E-state index < -0.39 is 6.10 Å². The number of halogens is 2. The molecular formula is C15H21Cl2NO3. The highest BCUT2D eigenvalue weighted by Gasteiger charge is 2.27. The maximum absolute atomic E-state index is 10.0. The highest BCUT2D eigenvalue weighted by Crippen LogP contribution is 2.27. The lowest BCUT2D eigenvalue weighted by molar-refractivity contribution is 0.0342. The summed E-state index contributed by atoms with van der Waals surface area (Å²) in [6.45, 7) is 4.33. The molecule has 4 nitrogen and oxygen atoms in total. The fourth-order valence-electron chi connectivity index (χ4n) is 2.20. The first-order chi connectivity index (χ1) is 9.98. The monoisotopic (exact) mass is 333 g/mol. The Kier molecular flexibility index (Phi) is 6.14. The van der Waals surface area contributed by atoms with Crippen LogP contribution >= 0.6 is 23.2 Å². The van der Waals surface area contributed by atoms with E-state index in [0.717, 1.165) is 26.1 Å². The van der Waals surface area contributed by atoms with Crippen molar-refractivity contribution in [3.05, 3.63) is 28.2 Å². The zero-order chi connectivity index (χ0) is 15.3. The predicted octanol–water partition coefficient (Wildman–Crippen LogP) is 2.89. The second-order valence-corrected chi connectivity index (χ2v) is 6.44. The average molecular weight is 334 g/mol. The summed E-state index contributed by atoms with van der Waals surface area (Å²) in [5, 5.41) is 14.4. The molecule has 1 aliphatic rings. The summed E-state index contributed by atoms with van der Waals surface area (Å²) in [6, 6.07) is 5.02. The van der Waals surface area contributed by atoms with Crippen LogP contribution in [0.1, 0.15) is 19.8 Å². The van der Waals surface area contributed by atoms with E-state index in [1.54, 1.807) is 18.2 Å². The fourth-order valence-corrected chi connectivity index (χ4v) is 2.66. The minimum Gasteiger partial charge on any atom is -0.489 e. The van der Waals surface area contributed by atoms with E-state index in [9.17, 15) is 5.11 Å². The number of hydrogen-bond donors (Lipinski definition) is 2. The van der Waals surface area contributed by atoms with Gasteiger partial charge in [0.25, 0.3) is 0 Å². The lowest BCUT2D eigenvalue weighted by Gasteiger charge is -2.35. The van der Waals surface area contributed by atoms with Gasteiger partial charge in [0, 0.05) is 30.3 Å². The number of aliphatic hydroxyl groups is 1. The van der Waals surface area contributed by atoms with Gasteiger partial charge in [-0.15, -0.1) is 0 Å². The van der Waals surface area contributed by atoms with E-state index in [2.05, 4.69) is 12.2 Å². The van der Waals surface area contributed by atoms with Crippen LogP contribution in [0.4, 0.5) is 0 Å². The zero-order valence-corrected chi connectivity index (χ0v) is 13.6. The molecule has 0 aromatic heterocycles. The van der Waals surface area contributed by atoms with Crippen molar-refractivity contribution in [1.82, 2.24) is 5.32 Å². The van der Waals surface area contributed by atoms with Crippen molar-refractivity contribution >= 4 is 23.2 Å². The Morgan fingerprint density at radius 3 is 2.76 bits per heavy atom. The van der Waals surface area contributed by atoms with Gasteiger partial charge in [-0.25, -0.2) is 0 Å². The Morgan fingerprint density at radius 2 is 2.10 bits per heavy atom. The number of ether oxygens (including phenoxy) is 2. The average Bonchev–Trinajstić information content (AvgIpc) is 2.45. The number of rotatable bonds is 6. The summed E-state index contributed by atoms with van der Waals surface area (Å²) < 4.78 is 10.9. The van der Waals surface area contributed by atoms with Crippen LogP contribution in [0, 0.1) is 0 Å². The van der Waals surface area contributed by atoms with Gasteiger partial charge in [0.1, 0.15) is 18.5 Å². The highest BCUT2D eigenvalue weighted by atomic mass is 35.5. The second-order valence-electron chi connectivity index (χ2n) is 5.59. The molecule has 1 fully saturated rings. The maximum atomic E-state index is 10.0. The summed E-state index contributed by atoms with van der Waals surface area (Å²) in [5.41, 5.74) is 0.0249. The Balaban J connectivity index is 1.75. The number of hydrogen-bond acceptors (Lipinski definition) is 4. The molecule has 118 valence electrons. The van der Waals surface area contributed by atoms with Crippen molar-refractivity contribution in [3.8, 4) is 5.75 Å². The van der Waals surface area contributed by atoms with Crippen LogP contribution in [0.25, 0.3) is 0 Å². The molecule has 0 spiro atoms. The molecule has 1 atom stereocenters. The Hall–Kier alpha value is -0.520. The molecule has 1 aliphatic heterocycles. The van der Waals surface area contributed by atoms with E-state index >= 15 is 0 Å². The molecule has 1 aromatic rings. The Labute approximate surface area is 135 Å². The molecule has 1 aromatic carbocycles. The molecule has 1 unspecified atom stereocenters. The number of benzene rings is 1. The first kappa shape index (κ1) is 16.8. The van der Waals surface area contributed by atoms with E-state index in [4.69, 9.17) is 32.7 Å². The van der Waals surface area contributed by atoms with Gasteiger partial charge in [0.05, 0.1) is 5.02 Å². The van der Waals surface area contributed by atoms with Crippen molar-refractivity contribution in [2.75, 3.05) is 26.4 Å². The predicted molar refractivity (Wildman–Crippen MR) is 84.4 cm³/mol. The molecule has 1 saturated heterocycles. The minimum absolute atomic E-state index is 0.0249. The summed E-state index contributed by atoms with van der Waals surface area (Å²) in [4.78, 5) is 0. The SMILES string of the molecule is CC1(NCC(O)COc2ccc(Cl)cc2Cl)CCOCC1. The first-order valence-corrected chi connectivity index (χ1v) is 7.83. The fraction of sp³-hybridized carbons (Fsp3) is 0.600. The molecule has 21 heavy (non-hydrogen) atoms. The maximum Gasteiger partial charge on any atom is 0.138 e. The summed E-state index contributed by atoms with van der Waals surface area (Å²) >= 11 is 11.8. The molecule has 2 rings (SSSR count). The zero-order valence-electron chi connectivity index (χ0n) is 12.1. The van der Waals surface area contributed by atoms with Crippen LogP contribution in [-0.4, -0.2) is 43.1 Å². The molecule has 0 amide bonds. The van der Waals surface area contributed by atoms with Crippen molar-refractivity contribution in [2.24, 2.45) is 0 Å². The molecule has 6 heteroatoms. The lowest BCUT2D eigenvalue weighted by Crippen LogP contribution is -2.50. The number of nitrogens with one attached hydrogen (secondary N) is 1. The number of aliphatic hydroxyl groups excluding tert-OH is 1. The van der Waals surface area contributed by atoms with E-state index in [-0.39, 0.29) is 12.1 Å². The highest BCUT2D eigenvalue weighted by molar-refractivity contribution is 6.35. The van der Waals surface area contributed by atoms with Crippen molar-refractivity contribution in [3.63, 3.8) is 0 Å². The van der Waals surface area contributed by atoms with Crippen molar-refractivity contribution < 1.29 is 14.6 Å². The largest absolute Gasteiger partial charge is 0.489 e. The number of β-amino-alcohol motifs (C(OH)–C–C–N with tert-alkyl or cyclic N) is 1. The van der Waals surface area contributed by atoms with Crippen LogP contribution in [0.2, 0.25) is 10.0 Å². The topological polar surface area (TPSA) is 50.7 Å². The van der Waals surface area contributed by atoms with E-state index in [0.29, 0.717) is 22.3 Å². The summed E-state index contributed by atoms with van der Waals surface area (Å²) in [6.07, 6.45) is 1.30. The third-order valence-electron chi connectivity index (χ3n) is 3.69. The van der Waals surface area contributed by atoms with Crippen LogP contribution < -0.4 is 10.1 Å². The van der Waals surface area contributed by atoms with Gasteiger partial charge < -0.3 is 19.9 Å². The van der Waals surface area contributed by atoms with Crippen molar-refractivity contribution in [1.29, 1.82) is 0 Å². The smallest absolute Gasteiger partial charge is 0.138 e. The van der Waals surface area contributed by atoms with Crippen molar-refractivity contribution in [2.45, 2.75) is 31.4 Å². The molecule has 1 heterocycles. The van der Waals surface area contributed by atoms with Crippen LogP contribution in [0.5, 0.6) is 5.75 Å². The lowest BCUT2D eigenvalue weighted by atomic mass is 9.92. The third-order valence-corrected chi connectivity index (χ3v) is 4.22. The Morgan fingerprint density at radius 1 is 1.38 bits per heavy atom. The van der Waals surface area contributed by atoms with Gasteiger partial charge in [-0.1, -0.05) is 23.2 Å². The Bertz CT molecular complexity index is 464. The normalized spacial score (nSPS) is 19.2. The van der Waals surface area contributed by atoms with Crippen LogP contribution in [0.3, 0.4) is 0 Å². The van der Waals surface area contributed by atoms with Gasteiger partial charge >= 0.3 is 0 Å².